The number of methoxy groups -OCH3 is 1. The van der Waals surface area contributed by atoms with Gasteiger partial charge < -0.3 is 14.8 Å². The molecule has 7 nitrogen and oxygen atoms in total. The molecule has 0 aromatic heterocycles. The maximum Gasteiger partial charge on any atom is 0.329 e. The molecule has 0 aliphatic carbocycles. The lowest BCUT2D eigenvalue weighted by molar-refractivity contribution is -0.136. The molecule has 2 N–H and O–H groups in total. The van der Waals surface area contributed by atoms with Gasteiger partial charge in [0.05, 0.1) is 29.1 Å². The van der Waals surface area contributed by atoms with E-state index in [-0.39, 0.29) is 15.7 Å². The van der Waals surface area contributed by atoms with E-state index >= 15 is 0 Å². The summed E-state index contributed by atoms with van der Waals surface area (Å²) >= 11 is 11.9. The highest BCUT2D eigenvalue weighted by molar-refractivity contribution is 6.45. The summed E-state index contributed by atoms with van der Waals surface area (Å²) in [4.78, 5) is 24.2. The number of amides is 2. The van der Waals surface area contributed by atoms with Gasteiger partial charge in [0, 0.05) is 0 Å². The average molecular weight is 522 g/mol. The Labute approximate surface area is 217 Å². The molecular formula is C27H21Cl2N3O4. The minimum absolute atomic E-state index is 0.138. The molecule has 0 aliphatic heterocycles. The second-order valence-electron chi connectivity index (χ2n) is 7.59. The van der Waals surface area contributed by atoms with Gasteiger partial charge in [-0.2, -0.15) is 5.10 Å². The summed E-state index contributed by atoms with van der Waals surface area (Å²) in [6, 6.07) is 24.1. The first-order chi connectivity index (χ1) is 17.5. The van der Waals surface area contributed by atoms with E-state index in [1.165, 1.54) is 19.4 Å². The van der Waals surface area contributed by atoms with Gasteiger partial charge in [0.2, 0.25) is 0 Å². The first-order valence-corrected chi connectivity index (χ1v) is 11.6. The predicted molar refractivity (Wildman–Crippen MR) is 142 cm³/mol. The number of fused-ring (bicyclic) bond motifs is 1. The van der Waals surface area contributed by atoms with Crippen molar-refractivity contribution in [3.05, 3.63) is 100 Å². The van der Waals surface area contributed by atoms with Crippen molar-refractivity contribution in [1.82, 2.24) is 5.43 Å². The molecule has 0 saturated carbocycles. The lowest BCUT2D eigenvalue weighted by atomic mass is 10.1. The van der Waals surface area contributed by atoms with Crippen LogP contribution in [-0.2, 0) is 16.2 Å². The van der Waals surface area contributed by atoms with Crippen LogP contribution in [-0.4, -0.2) is 25.1 Å². The Balaban J connectivity index is 1.37. The van der Waals surface area contributed by atoms with Gasteiger partial charge >= 0.3 is 11.8 Å². The van der Waals surface area contributed by atoms with Crippen LogP contribution in [0.15, 0.2) is 84.0 Å². The molecule has 2 amide bonds. The predicted octanol–water partition coefficient (Wildman–Crippen LogP) is 5.82. The number of hydrazone groups is 1. The number of halogens is 2. The van der Waals surface area contributed by atoms with Crippen LogP contribution < -0.4 is 20.2 Å². The van der Waals surface area contributed by atoms with E-state index in [1.54, 1.807) is 30.3 Å². The summed E-state index contributed by atoms with van der Waals surface area (Å²) < 4.78 is 11.5. The number of anilines is 1. The standard InChI is InChI=1S/C27H21Cl2N3O4/c1-35-24-14-17(15-30-32-27(34)26(33)31-22-11-5-10-21(28)25(22)29)12-13-23(24)36-16-19-8-4-7-18-6-2-3-9-20(18)19/h2-15H,16H2,1H3,(H,31,33)(H,32,34). The van der Waals surface area contributed by atoms with E-state index < -0.39 is 11.8 Å². The van der Waals surface area contributed by atoms with Gasteiger partial charge in [-0.25, -0.2) is 5.43 Å². The third-order valence-electron chi connectivity index (χ3n) is 5.24. The number of ether oxygens (including phenoxy) is 2. The van der Waals surface area contributed by atoms with E-state index in [2.05, 4.69) is 34.0 Å². The van der Waals surface area contributed by atoms with E-state index in [1.807, 2.05) is 24.3 Å². The van der Waals surface area contributed by atoms with Crippen molar-refractivity contribution in [3.8, 4) is 11.5 Å². The number of hydrogen-bond acceptors (Lipinski definition) is 5. The quantitative estimate of drug-likeness (QED) is 0.182. The third kappa shape index (κ3) is 5.94. The van der Waals surface area contributed by atoms with Crippen molar-refractivity contribution in [2.75, 3.05) is 12.4 Å². The zero-order chi connectivity index (χ0) is 25.5. The molecule has 36 heavy (non-hydrogen) atoms. The van der Waals surface area contributed by atoms with Crippen molar-refractivity contribution in [1.29, 1.82) is 0 Å². The highest BCUT2D eigenvalue weighted by Crippen LogP contribution is 2.30. The van der Waals surface area contributed by atoms with Crippen LogP contribution in [0.3, 0.4) is 0 Å². The molecule has 182 valence electrons. The van der Waals surface area contributed by atoms with E-state index in [9.17, 15) is 9.59 Å². The number of nitrogens with zero attached hydrogens (tertiary/aromatic N) is 1. The Hall–Kier alpha value is -4.07. The minimum atomic E-state index is -0.968. The number of benzene rings is 4. The van der Waals surface area contributed by atoms with E-state index in [4.69, 9.17) is 32.7 Å². The number of carbonyl (C=O) groups excluding carboxylic acids is 2. The van der Waals surface area contributed by atoms with Crippen molar-refractivity contribution in [3.63, 3.8) is 0 Å². The first kappa shape index (κ1) is 25.0. The smallest absolute Gasteiger partial charge is 0.329 e. The lowest BCUT2D eigenvalue weighted by Gasteiger charge is -2.12. The molecular weight excluding hydrogens is 501 g/mol. The molecule has 0 saturated heterocycles. The normalized spacial score (nSPS) is 10.9. The maximum atomic E-state index is 12.1. The SMILES string of the molecule is COc1cc(C=NNC(=O)C(=O)Nc2cccc(Cl)c2Cl)ccc1OCc1cccc2ccccc12. The highest BCUT2D eigenvalue weighted by Gasteiger charge is 2.15. The fourth-order valence-electron chi connectivity index (χ4n) is 3.45. The fourth-order valence-corrected chi connectivity index (χ4v) is 3.80. The van der Waals surface area contributed by atoms with Gasteiger partial charge in [-0.15, -0.1) is 0 Å². The number of carbonyl (C=O) groups is 2. The van der Waals surface area contributed by atoms with Crippen molar-refractivity contribution in [2.45, 2.75) is 6.61 Å². The van der Waals surface area contributed by atoms with Crippen LogP contribution in [0, 0.1) is 0 Å². The molecule has 0 heterocycles. The molecule has 0 spiro atoms. The Morgan fingerprint density at radius 1 is 0.917 bits per heavy atom. The van der Waals surface area contributed by atoms with Gasteiger partial charge in [-0.1, -0.05) is 71.7 Å². The zero-order valence-electron chi connectivity index (χ0n) is 19.1. The Kier molecular flexibility index (Phi) is 8.05. The first-order valence-electron chi connectivity index (χ1n) is 10.8. The zero-order valence-corrected chi connectivity index (χ0v) is 20.6. The summed E-state index contributed by atoms with van der Waals surface area (Å²) in [5.41, 5.74) is 4.07. The van der Waals surface area contributed by atoms with Gasteiger partial charge in [-0.3, -0.25) is 9.59 Å². The summed E-state index contributed by atoms with van der Waals surface area (Å²) in [6.07, 6.45) is 1.38. The molecule has 0 bridgehead atoms. The highest BCUT2D eigenvalue weighted by atomic mass is 35.5. The Morgan fingerprint density at radius 3 is 2.53 bits per heavy atom. The van der Waals surface area contributed by atoms with Crippen molar-refractivity contribution in [2.24, 2.45) is 5.10 Å². The van der Waals surface area contributed by atoms with Gasteiger partial charge in [0.25, 0.3) is 0 Å². The molecule has 4 aromatic carbocycles. The van der Waals surface area contributed by atoms with Crippen LogP contribution in [0.2, 0.25) is 10.0 Å². The summed E-state index contributed by atoms with van der Waals surface area (Å²) in [5, 5.41) is 8.88. The Bertz CT molecular complexity index is 1450. The molecule has 0 radical (unpaired) electrons. The fraction of sp³-hybridized carbons (Fsp3) is 0.0741. The van der Waals surface area contributed by atoms with Crippen LogP contribution in [0.25, 0.3) is 10.8 Å². The third-order valence-corrected chi connectivity index (χ3v) is 6.06. The van der Waals surface area contributed by atoms with Gasteiger partial charge in [-0.05, 0) is 52.2 Å². The van der Waals surface area contributed by atoms with Crippen molar-refractivity contribution < 1.29 is 19.1 Å². The van der Waals surface area contributed by atoms with Gasteiger partial charge in [0.15, 0.2) is 11.5 Å². The van der Waals surface area contributed by atoms with Gasteiger partial charge in [0.1, 0.15) is 6.61 Å². The summed E-state index contributed by atoms with van der Waals surface area (Å²) in [7, 11) is 1.54. The second-order valence-corrected chi connectivity index (χ2v) is 8.38. The topological polar surface area (TPSA) is 89.0 Å². The van der Waals surface area contributed by atoms with E-state index in [0.29, 0.717) is 23.7 Å². The van der Waals surface area contributed by atoms with Crippen molar-refractivity contribution >= 4 is 57.7 Å². The minimum Gasteiger partial charge on any atom is -0.493 e. The summed E-state index contributed by atoms with van der Waals surface area (Å²) in [5.74, 6) is -0.848. The second kappa shape index (κ2) is 11.6. The van der Waals surface area contributed by atoms with Crippen LogP contribution in [0.4, 0.5) is 5.69 Å². The maximum absolute atomic E-state index is 12.1. The Morgan fingerprint density at radius 2 is 1.69 bits per heavy atom. The number of hydrogen-bond donors (Lipinski definition) is 2. The molecule has 9 heteroatoms. The van der Waals surface area contributed by atoms with Crippen LogP contribution in [0.1, 0.15) is 11.1 Å². The molecule has 4 rings (SSSR count). The number of nitrogens with one attached hydrogen (secondary N) is 2. The van der Waals surface area contributed by atoms with Crippen LogP contribution >= 0.6 is 23.2 Å². The molecule has 0 atom stereocenters. The molecule has 0 aliphatic rings. The number of rotatable bonds is 7. The largest absolute Gasteiger partial charge is 0.493 e. The molecule has 0 unspecified atom stereocenters. The monoisotopic (exact) mass is 521 g/mol. The lowest BCUT2D eigenvalue weighted by Crippen LogP contribution is -2.32. The molecule has 4 aromatic rings. The van der Waals surface area contributed by atoms with Crippen LogP contribution in [0.5, 0.6) is 11.5 Å². The average Bonchev–Trinajstić information content (AvgIpc) is 2.90. The summed E-state index contributed by atoms with van der Waals surface area (Å²) in [6.45, 7) is 0.368. The van der Waals surface area contributed by atoms with E-state index in [0.717, 1.165) is 16.3 Å². The molecule has 0 fully saturated rings.